The molecule has 0 amide bonds. The topological polar surface area (TPSA) is 116 Å². The van der Waals surface area contributed by atoms with Crippen molar-refractivity contribution in [1.29, 1.82) is 0 Å². The van der Waals surface area contributed by atoms with Gasteiger partial charge in [-0.2, -0.15) is 0 Å². The number of aromatic carboxylic acids is 1. The zero-order valence-corrected chi connectivity index (χ0v) is 19.3. The lowest BCUT2D eigenvalue weighted by molar-refractivity contribution is 0.0678. The Morgan fingerprint density at radius 2 is 1.85 bits per heavy atom. The monoisotopic (exact) mass is 478 g/mol. The molecule has 0 aliphatic rings. The maximum atomic E-state index is 13.3. The van der Waals surface area contributed by atoms with Gasteiger partial charge in [-0.3, -0.25) is 4.79 Å². The lowest BCUT2D eigenvalue weighted by Gasteiger charge is -2.17. The van der Waals surface area contributed by atoms with Crippen LogP contribution in [0.2, 0.25) is 0 Å². The van der Waals surface area contributed by atoms with Crippen molar-refractivity contribution in [2.75, 3.05) is 18.7 Å². The first-order valence-corrected chi connectivity index (χ1v) is 11.5. The summed E-state index contributed by atoms with van der Waals surface area (Å²) in [5, 5.41) is 13.8. The minimum atomic E-state index is -1.38. The Labute approximate surface area is 199 Å². The van der Waals surface area contributed by atoms with E-state index in [0.717, 1.165) is 15.9 Å². The van der Waals surface area contributed by atoms with Crippen molar-refractivity contribution in [3.8, 4) is 5.75 Å². The first kappa shape index (κ1) is 23.1. The van der Waals surface area contributed by atoms with Crippen LogP contribution in [0.25, 0.3) is 11.0 Å². The second-order valence-corrected chi connectivity index (χ2v) is 7.98. The van der Waals surface area contributed by atoms with Crippen molar-refractivity contribution in [2.24, 2.45) is 0 Å². The number of carbonyl (C=O) groups is 1. The number of carboxylic acids is 1. The third kappa shape index (κ3) is 4.81. The van der Waals surface area contributed by atoms with Gasteiger partial charge in [0.25, 0.3) is 0 Å². The molecule has 0 bridgehead atoms. The Morgan fingerprint density at radius 3 is 2.50 bits per heavy atom. The average Bonchev–Trinajstić information content (AvgIpc) is 2.87. The number of hydrogen-bond acceptors (Lipinski definition) is 8. The van der Waals surface area contributed by atoms with Crippen molar-refractivity contribution in [2.45, 2.75) is 18.3 Å². The fourth-order valence-electron chi connectivity index (χ4n) is 3.37. The van der Waals surface area contributed by atoms with E-state index in [0.29, 0.717) is 16.3 Å². The van der Waals surface area contributed by atoms with Gasteiger partial charge in [0.05, 0.1) is 18.2 Å². The normalized spacial score (nSPS) is 10.8. The smallest absolute Gasteiger partial charge is 0.343 e. The van der Waals surface area contributed by atoms with Crippen LogP contribution < -0.4 is 20.5 Å². The molecule has 0 saturated heterocycles. The molecular weight excluding hydrogens is 456 g/mol. The summed E-state index contributed by atoms with van der Waals surface area (Å²) in [6, 6.07) is 16.6. The molecule has 2 heterocycles. The fraction of sp³-hybridized carbons (Fsp3) is 0.167. The van der Waals surface area contributed by atoms with Gasteiger partial charge >= 0.3 is 11.5 Å². The third-order valence-corrected chi connectivity index (χ3v) is 5.65. The van der Waals surface area contributed by atoms with Crippen LogP contribution in [-0.4, -0.2) is 39.1 Å². The molecule has 0 saturated carbocycles. The molecule has 2 aromatic carbocycles. The SMILES string of the molecule is COc1ccc(CNc2c(C(=O)O)c(=O)n(OCc3ccccc3)c3nc(SC)ncc23)cc1. The lowest BCUT2D eigenvalue weighted by atomic mass is 10.1. The number of ether oxygens (including phenoxy) is 1. The highest BCUT2D eigenvalue weighted by Gasteiger charge is 2.24. The molecule has 0 atom stereocenters. The number of thioether (sulfide) groups is 1. The van der Waals surface area contributed by atoms with Crippen LogP contribution in [0.3, 0.4) is 0 Å². The van der Waals surface area contributed by atoms with Gasteiger partial charge in [-0.25, -0.2) is 14.8 Å². The third-order valence-electron chi connectivity index (χ3n) is 5.08. The van der Waals surface area contributed by atoms with Gasteiger partial charge in [0.15, 0.2) is 16.4 Å². The van der Waals surface area contributed by atoms with E-state index in [2.05, 4.69) is 15.3 Å². The Hall–Kier alpha value is -4.05. The number of anilines is 1. The van der Waals surface area contributed by atoms with E-state index < -0.39 is 17.1 Å². The molecule has 0 spiro atoms. The van der Waals surface area contributed by atoms with Gasteiger partial charge in [-0.05, 0) is 29.5 Å². The molecule has 2 N–H and O–H groups in total. The summed E-state index contributed by atoms with van der Waals surface area (Å²) in [5.41, 5.74) is 0.739. The van der Waals surface area contributed by atoms with Crippen LogP contribution >= 0.6 is 11.8 Å². The molecule has 0 fully saturated rings. The van der Waals surface area contributed by atoms with E-state index >= 15 is 0 Å². The van der Waals surface area contributed by atoms with Crippen LogP contribution in [0.5, 0.6) is 5.75 Å². The summed E-state index contributed by atoms with van der Waals surface area (Å²) in [6.45, 7) is 0.337. The second kappa shape index (κ2) is 10.3. The number of carboxylic acid groups (broad SMARTS) is 1. The summed E-state index contributed by atoms with van der Waals surface area (Å²) < 4.78 is 6.11. The summed E-state index contributed by atoms with van der Waals surface area (Å²) in [4.78, 5) is 40.0. The Balaban J connectivity index is 1.80. The number of nitrogens with zero attached hydrogens (tertiary/aromatic N) is 3. The van der Waals surface area contributed by atoms with E-state index in [9.17, 15) is 14.7 Å². The number of methoxy groups -OCH3 is 1. The van der Waals surface area contributed by atoms with Crippen LogP contribution in [0.15, 0.2) is 70.7 Å². The van der Waals surface area contributed by atoms with Crippen LogP contribution in [0.4, 0.5) is 5.69 Å². The molecule has 174 valence electrons. The molecule has 2 aromatic heterocycles. The lowest BCUT2D eigenvalue weighted by Crippen LogP contribution is -2.33. The molecule has 0 aliphatic heterocycles. The van der Waals surface area contributed by atoms with Gasteiger partial charge in [-0.1, -0.05) is 54.2 Å². The highest BCUT2D eigenvalue weighted by molar-refractivity contribution is 7.98. The fourth-order valence-corrected chi connectivity index (χ4v) is 3.71. The molecule has 10 heteroatoms. The summed E-state index contributed by atoms with van der Waals surface area (Å²) in [6.07, 6.45) is 3.31. The molecule has 0 unspecified atom stereocenters. The number of benzene rings is 2. The summed E-state index contributed by atoms with van der Waals surface area (Å²) in [5.74, 6) is -0.674. The predicted molar refractivity (Wildman–Crippen MR) is 130 cm³/mol. The van der Waals surface area contributed by atoms with E-state index in [-0.39, 0.29) is 24.5 Å². The Bertz CT molecular complexity index is 1370. The van der Waals surface area contributed by atoms with Crippen molar-refractivity contribution in [3.63, 3.8) is 0 Å². The number of fused-ring (bicyclic) bond motifs is 1. The minimum absolute atomic E-state index is 0.0616. The molecule has 4 rings (SSSR count). The highest BCUT2D eigenvalue weighted by atomic mass is 32.2. The maximum absolute atomic E-state index is 13.3. The predicted octanol–water partition coefficient (Wildman–Crippen LogP) is 3.46. The quantitative estimate of drug-likeness (QED) is 0.276. The highest BCUT2D eigenvalue weighted by Crippen LogP contribution is 2.26. The molecule has 9 nitrogen and oxygen atoms in total. The van der Waals surface area contributed by atoms with E-state index in [1.165, 1.54) is 18.0 Å². The second-order valence-electron chi connectivity index (χ2n) is 7.21. The molecule has 4 aromatic rings. The average molecular weight is 479 g/mol. The number of hydrogen-bond donors (Lipinski definition) is 2. The molecular formula is C24H22N4O5S. The van der Waals surface area contributed by atoms with Gasteiger partial charge < -0.3 is 20.0 Å². The largest absolute Gasteiger partial charge is 0.497 e. The van der Waals surface area contributed by atoms with Crippen LogP contribution in [0, 0.1) is 0 Å². The molecule has 0 aliphatic carbocycles. The first-order chi connectivity index (χ1) is 16.5. The van der Waals surface area contributed by atoms with Gasteiger partial charge in [0.2, 0.25) is 0 Å². The molecule has 0 radical (unpaired) electrons. The number of pyridine rings is 1. The summed E-state index contributed by atoms with van der Waals surface area (Å²) >= 11 is 1.30. The van der Waals surface area contributed by atoms with Crippen LogP contribution in [0.1, 0.15) is 21.5 Å². The first-order valence-electron chi connectivity index (χ1n) is 10.3. The van der Waals surface area contributed by atoms with Crippen molar-refractivity contribution in [1.82, 2.24) is 14.7 Å². The van der Waals surface area contributed by atoms with Crippen LogP contribution in [-0.2, 0) is 13.2 Å². The standard InChI is InChI=1S/C24H22N4O5S/c1-32-17-10-8-15(9-11-17)12-25-20-18-13-26-24(34-2)27-21(18)28(22(29)19(20)23(30)31)33-14-16-6-4-3-5-7-16/h3-11,13,25H,12,14H2,1-2H3,(H,30,31). The zero-order valence-electron chi connectivity index (χ0n) is 18.5. The van der Waals surface area contributed by atoms with Crippen molar-refractivity contribution < 1.29 is 19.5 Å². The number of rotatable bonds is 9. The van der Waals surface area contributed by atoms with Crippen molar-refractivity contribution >= 4 is 34.5 Å². The van der Waals surface area contributed by atoms with Crippen molar-refractivity contribution in [3.05, 3.63) is 87.8 Å². The number of nitrogens with one attached hydrogen (secondary N) is 1. The maximum Gasteiger partial charge on any atom is 0.343 e. The summed E-state index contributed by atoms with van der Waals surface area (Å²) in [7, 11) is 1.58. The molecule has 34 heavy (non-hydrogen) atoms. The number of aromatic nitrogens is 3. The van der Waals surface area contributed by atoms with Gasteiger partial charge in [-0.15, -0.1) is 4.73 Å². The Morgan fingerprint density at radius 1 is 1.12 bits per heavy atom. The van der Waals surface area contributed by atoms with E-state index in [1.54, 1.807) is 19.2 Å². The minimum Gasteiger partial charge on any atom is -0.497 e. The van der Waals surface area contributed by atoms with Gasteiger partial charge in [0.1, 0.15) is 12.4 Å². The Kier molecular flexibility index (Phi) is 6.98. The van der Waals surface area contributed by atoms with Gasteiger partial charge in [0, 0.05) is 12.7 Å². The zero-order chi connectivity index (χ0) is 24.1. The van der Waals surface area contributed by atoms with E-state index in [1.807, 2.05) is 48.7 Å². The van der Waals surface area contributed by atoms with E-state index in [4.69, 9.17) is 9.57 Å².